The Kier molecular flexibility index (Phi) is 2.37. The Morgan fingerprint density at radius 2 is 2.07 bits per heavy atom. The molecule has 2 N–H and O–H groups in total. The molecule has 0 saturated heterocycles. The third-order valence-electron chi connectivity index (χ3n) is 1.75. The molecule has 2 aromatic rings. The number of hydrogen-bond acceptors (Lipinski definition) is 4. The van der Waals surface area contributed by atoms with Gasteiger partial charge in [0.05, 0.1) is 6.20 Å². The molecule has 0 spiro atoms. The number of amides is 1. The molecule has 0 aliphatic carbocycles. The molecule has 15 heavy (non-hydrogen) atoms. The molecule has 0 saturated carbocycles. The molecule has 0 radical (unpaired) electrons. The summed E-state index contributed by atoms with van der Waals surface area (Å²) in [6.45, 7) is 0. The fourth-order valence-electron chi connectivity index (χ4n) is 1.15. The highest BCUT2D eigenvalue weighted by molar-refractivity contribution is 5.68. The quantitative estimate of drug-likeness (QED) is 0.808. The Morgan fingerprint density at radius 3 is 2.60 bits per heavy atom. The number of aromatic nitrogens is 1. The van der Waals surface area contributed by atoms with Gasteiger partial charge in [0.25, 0.3) is 0 Å². The van der Waals surface area contributed by atoms with Crippen LogP contribution in [-0.4, -0.2) is 11.1 Å². The van der Waals surface area contributed by atoms with Crippen molar-refractivity contribution in [1.82, 2.24) is 4.98 Å². The third-order valence-corrected chi connectivity index (χ3v) is 1.75. The van der Waals surface area contributed by atoms with Crippen molar-refractivity contribution in [1.29, 1.82) is 0 Å². The van der Waals surface area contributed by atoms with Crippen molar-refractivity contribution >= 4 is 6.09 Å². The SMILES string of the molecule is NC(=O)Oc1ccc(-c2ncco2)cc1. The Morgan fingerprint density at radius 1 is 1.33 bits per heavy atom. The molecule has 0 aliphatic heterocycles. The number of oxazole rings is 1. The van der Waals surface area contributed by atoms with Crippen LogP contribution in [0.3, 0.4) is 0 Å². The van der Waals surface area contributed by atoms with Crippen LogP contribution in [0.25, 0.3) is 11.5 Å². The zero-order chi connectivity index (χ0) is 10.7. The topological polar surface area (TPSA) is 78.4 Å². The summed E-state index contributed by atoms with van der Waals surface area (Å²) >= 11 is 0. The minimum Gasteiger partial charge on any atom is -0.445 e. The highest BCUT2D eigenvalue weighted by Gasteiger charge is 2.03. The van der Waals surface area contributed by atoms with Crippen LogP contribution in [0.2, 0.25) is 0 Å². The van der Waals surface area contributed by atoms with Gasteiger partial charge in [0.1, 0.15) is 12.0 Å². The number of carbonyl (C=O) groups is 1. The van der Waals surface area contributed by atoms with Crippen LogP contribution in [0, 0.1) is 0 Å². The van der Waals surface area contributed by atoms with Crippen LogP contribution in [0.1, 0.15) is 0 Å². The van der Waals surface area contributed by atoms with E-state index >= 15 is 0 Å². The van der Waals surface area contributed by atoms with Crippen LogP contribution in [0.4, 0.5) is 4.79 Å². The molecule has 5 heteroatoms. The Labute approximate surface area is 85.5 Å². The van der Waals surface area contributed by atoms with Crippen LogP contribution in [-0.2, 0) is 0 Å². The van der Waals surface area contributed by atoms with Gasteiger partial charge in [0, 0.05) is 5.56 Å². The summed E-state index contributed by atoms with van der Waals surface area (Å²) in [4.78, 5) is 14.4. The second-order valence-corrected chi connectivity index (χ2v) is 2.78. The van der Waals surface area contributed by atoms with Gasteiger partial charge in [0.2, 0.25) is 5.89 Å². The minimum absolute atomic E-state index is 0.387. The van der Waals surface area contributed by atoms with E-state index in [1.54, 1.807) is 30.5 Å². The molecule has 76 valence electrons. The molecule has 0 atom stereocenters. The van der Waals surface area contributed by atoms with Gasteiger partial charge in [0.15, 0.2) is 0 Å². The molecule has 0 aliphatic rings. The lowest BCUT2D eigenvalue weighted by molar-refractivity contribution is 0.211. The first kappa shape index (κ1) is 9.26. The van der Waals surface area contributed by atoms with E-state index in [-0.39, 0.29) is 0 Å². The van der Waals surface area contributed by atoms with E-state index in [9.17, 15) is 4.79 Å². The lowest BCUT2D eigenvalue weighted by Gasteiger charge is -2.00. The van der Waals surface area contributed by atoms with Crippen molar-refractivity contribution in [3.63, 3.8) is 0 Å². The van der Waals surface area contributed by atoms with E-state index < -0.39 is 6.09 Å². The lowest BCUT2D eigenvalue weighted by Crippen LogP contribution is -2.16. The van der Waals surface area contributed by atoms with Crippen LogP contribution in [0.5, 0.6) is 5.75 Å². The average Bonchev–Trinajstić information content (AvgIpc) is 2.71. The fraction of sp³-hybridized carbons (Fsp3) is 0. The second kappa shape index (κ2) is 3.83. The van der Waals surface area contributed by atoms with Gasteiger partial charge in [-0.2, -0.15) is 0 Å². The normalized spacial score (nSPS) is 9.87. The third kappa shape index (κ3) is 2.14. The smallest absolute Gasteiger partial charge is 0.409 e. The van der Waals surface area contributed by atoms with Gasteiger partial charge < -0.3 is 14.9 Å². The van der Waals surface area contributed by atoms with E-state index in [1.807, 2.05) is 0 Å². The minimum atomic E-state index is -0.834. The lowest BCUT2D eigenvalue weighted by atomic mass is 10.2. The number of benzene rings is 1. The van der Waals surface area contributed by atoms with Crippen molar-refractivity contribution < 1.29 is 13.9 Å². The molecule has 1 aromatic carbocycles. The maximum absolute atomic E-state index is 10.5. The molecule has 0 fully saturated rings. The van der Waals surface area contributed by atoms with E-state index in [4.69, 9.17) is 10.2 Å². The largest absolute Gasteiger partial charge is 0.445 e. The molecule has 0 unspecified atom stereocenters. The van der Waals surface area contributed by atoms with Gasteiger partial charge in [-0.3, -0.25) is 0 Å². The summed E-state index contributed by atoms with van der Waals surface area (Å²) in [7, 11) is 0. The highest BCUT2D eigenvalue weighted by Crippen LogP contribution is 2.20. The zero-order valence-corrected chi connectivity index (χ0v) is 7.71. The number of primary amides is 1. The summed E-state index contributed by atoms with van der Waals surface area (Å²) in [6, 6.07) is 6.68. The Balaban J connectivity index is 2.21. The molecule has 5 nitrogen and oxygen atoms in total. The molecule has 1 amide bonds. The molecular formula is C10H8N2O3. The van der Waals surface area contributed by atoms with Crippen LogP contribution >= 0.6 is 0 Å². The number of nitrogens with two attached hydrogens (primary N) is 1. The maximum Gasteiger partial charge on any atom is 0.409 e. The number of carbonyl (C=O) groups excluding carboxylic acids is 1. The van der Waals surface area contributed by atoms with Crippen molar-refractivity contribution in [2.45, 2.75) is 0 Å². The summed E-state index contributed by atoms with van der Waals surface area (Å²) in [6.07, 6.45) is 2.21. The summed E-state index contributed by atoms with van der Waals surface area (Å²) in [5.41, 5.74) is 5.67. The standard InChI is InChI=1S/C10H8N2O3/c11-10(13)15-8-3-1-7(2-4-8)9-12-5-6-14-9/h1-6H,(H2,11,13). The number of ether oxygens (including phenoxy) is 1. The predicted octanol–water partition coefficient (Wildman–Crippen LogP) is 1.80. The van der Waals surface area contributed by atoms with E-state index in [0.29, 0.717) is 11.6 Å². The predicted molar refractivity (Wildman–Crippen MR) is 52.2 cm³/mol. The van der Waals surface area contributed by atoms with Gasteiger partial charge >= 0.3 is 6.09 Å². The van der Waals surface area contributed by atoms with Crippen LogP contribution < -0.4 is 10.5 Å². The average molecular weight is 204 g/mol. The summed E-state index contributed by atoms with van der Waals surface area (Å²) in [5.74, 6) is 0.901. The van der Waals surface area contributed by atoms with E-state index in [0.717, 1.165) is 5.56 Å². The second-order valence-electron chi connectivity index (χ2n) is 2.78. The van der Waals surface area contributed by atoms with E-state index in [2.05, 4.69) is 9.72 Å². The first-order chi connectivity index (χ1) is 7.25. The number of hydrogen-bond donors (Lipinski definition) is 1. The summed E-state index contributed by atoms with van der Waals surface area (Å²) < 4.78 is 9.77. The maximum atomic E-state index is 10.5. The van der Waals surface area contributed by atoms with Crippen molar-refractivity contribution in [3.8, 4) is 17.2 Å². The highest BCUT2D eigenvalue weighted by atomic mass is 16.5. The molecule has 1 heterocycles. The van der Waals surface area contributed by atoms with Gasteiger partial charge in [-0.25, -0.2) is 9.78 Å². The van der Waals surface area contributed by atoms with Crippen molar-refractivity contribution in [2.24, 2.45) is 5.73 Å². The first-order valence-electron chi connectivity index (χ1n) is 4.23. The number of nitrogens with zero attached hydrogens (tertiary/aromatic N) is 1. The van der Waals surface area contributed by atoms with Gasteiger partial charge in [-0.05, 0) is 24.3 Å². The zero-order valence-electron chi connectivity index (χ0n) is 7.71. The van der Waals surface area contributed by atoms with Gasteiger partial charge in [-0.1, -0.05) is 0 Å². The van der Waals surface area contributed by atoms with Crippen molar-refractivity contribution in [3.05, 3.63) is 36.7 Å². The molecular weight excluding hydrogens is 196 g/mol. The monoisotopic (exact) mass is 204 g/mol. The Bertz CT molecular complexity index is 448. The molecule has 1 aromatic heterocycles. The first-order valence-corrected chi connectivity index (χ1v) is 4.23. The molecule has 0 bridgehead atoms. The Hall–Kier alpha value is -2.30. The molecule has 2 rings (SSSR count). The van der Waals surface area contributed by atoms with Crippen molar-refractivity contribution in [2.75, 3.05) is 0 Å². The van der Waals surface area contributed by atoms with E-state index in [1.165, 1.54) is 6.26 Å². The fourth-order valence-corrected chi connectivity index (χ4v) is 1.15. The number of rotatable bonds is 2. The van der Waals surface area contributed by atoms with Crippen LogP contribution in [0.15, 0.2) is 41.1 Å². The van der Waals surface area contributed by atoms with Gasteiger partial charge in [-0.15, -0.1) is 0 Å². The summed E-state index contributed by atoms with van der Waals surface area (Å²) in [5, 5.41) is 0.